The molecule has 0 atom stereocenters. The Hall–Kier alpha value is -3.39. The molecule has 0 bridgehead atoms. The van der Waals surface area contributed by atoms with E-state index >= 15 is 0 Å². The normalized spacial score (nSPS) is 12.8. The molecule has 2 aromatic carbocycles. The Bertz CT molecular complexity index is 1080. The summed E-state index contributed by atoms with van der Waals surface area (Å²) < 4.78 is 32.0. The summed E-state index contributed by atoms with van der Waals surface area (Å²) in [5.41, 5.74) is 1.44. The van der Waals surface area contributed by atoms with Crippen molar-refractivity contribution in [1.82, 2.24) is 10.1 Å². The van der Waals surface area contributed by atoms with Crippen molar-refractivity contribution in [2.75, 3.05) is 28.1 Å². The van der Waals surface area contributed by atoms with E-state index in [0.717, 1.165) is 5.56 Å². The molecule has 0 saturated carbocycles. The molecule has 0 saturated heterocycles. The van der Waals surface area contributed by atoms with Crippen molar-refractivity contribution < 1.29 is 28.2 Å². The maximum atomic E-state index is 6.40. The number of ether oxygens (including phenoxy) is 5. The monoisotopic (exact) mass is 416 g/mol. The lowest BCUT2D eigenvalue weighted by molar-refractivity contribution is 0.171. The highest BCUT2D eigenvalue weighted by atomic mass is 35.5. The zero-order valence-corrected chi connectivity index (χ0v) is 16.6. The SMILES string of the molecule is COc1ccc(-c2noc(/C(Cl)=C/c3cc(OC)c4c(c3)OCO4)n2)cc1OC. The third-order valence-electron chi connectivity index (χ3n) is 4.25. The van der Waals surface area contributed by atoms with Gasteiger partial charge in [-0.25, -0.2) is 0 Å². The number of aromatic nitrogens is 2. The standard InChI is InChI=1S/C20H17ClN2O6/c1-24-14-5-4-12(9-15(14)25-2)19-22-20(29-23-19)13(21)6-11-7-16(26-3)18-17(8-11)27-10-28-18/h4-9H,10H2,1-3H3/b13-6-. The average molecular weight is 417 g/mol. The Balaban J connectivity index is 1.63. The summed E-state index contributed by atoms with van der Waals surface area (Å²) in [6.07, 6.45) is 1.68. The fourth-order valence-corrected chi connectivity index (χ4v) is 3.06. The number of nitrogens with zero attached hydrogens (tertiary/aromatic N) is 2. The first kappa shape index (κ1) is 18.9. The van der Waals surface area contributed by atoms with Crippen molar-refractivity contribution in [3.8, 4) is 40.1 Å². The van der Waals surface area contributed by atoms with Gasteiger partial charge in [-0.05, 0) is 42.0 Å². The van der Waals surface area contributed by atoms with E-state index in [1.807, 2.05) is 0 Å². The van der Waals surface area contributed by atoms with Crippen LogP contribution in [0.1, 0.15) is 11.5 Å². The summed E-state index contributed by atoms with van der Waals surface area (Å²) in [4.78, 5) is 4.36. The van der Waals surface area contributed by atoms with Gasteiger partial charge in [0.25, 0.3) is 5.89 Å². The quantitative estimate of drug-likeness (QED) is 0.590. The molecule has 1 aliphatic heterocycles. The van der Waals surface area contributed by atoms with E-state index in [1.54, 1.807) is 57.7 Å². The van der Waals surface area contributed by atoms with Crippen LogP contribution in [0.5, 0.6) is 28.7 Å². The van der Waals surface area contributed by atoms with Crippen LogP contribution in [-0.4, -0.2) is 38.3 Å². The molecule has 150 valence electrons. The number of hydrogen-bond donors (Lipinski definition) is 0. The zero-order chi connectivity index (χ0) is 20.4. The van der Waals surface area contributed by atoms with Gasteiger partial charge in [-0.2, -0.15) is 4.98 Å². The van der Waals surface area contributed by atoms with Gasteiger partial charge < -0.3 is 28.2 Å². The summed E-state index contributed by atoms with van der Waals surface area (Å²) in [7, 11) is 4.68. The lowest BCUT2D eigenvalue weighted by atomic mass is 10.1. The predicted octanol–water partition coefficient (Wildman–Crippen LogP) is 4.23. The van der Waals surface area contributed by atoms with Gasteiger partial charge in [0, 0.05) is 5.56 Å². The summed E-state index contributed by atoms with van der Waals surface area (Å²) >= 11 is 6.40. The second-order valence-corrected chi connectivity index (χ2v) is 6.35. The van der Waals surface area contributed by atoms with E-state index in [1.165, 1.54) is 0 Å². The fourth-order valence-electron chi connectivity index (χ4n) is 2.85. The second kappa shape index (κ2) is 7.92. The van der Waals surface area contributed by atoms with Gasteiger partial charge in [0.1, 0.15) is 5.03 Å². The van der Waals surface area contributed by atoms with Crippen molar-refractivity contribution in [3.63, 3.8) is 0 Å². The number of fused-ring (bicyclic) bond motifs is 1. The van der Waals surface area contributed by atoms with Crippen LogP contribution in [0.25, 0.3) is 22.5 Å². The molecule has 1 aromatic heterocycles. The molecule has 0 fully saturated rings. The Morgan fingerprint density at radius 1 is 1.00 bits per heavy atom. The molecule has 0 aliphatic carbocycles. The highest BCUT2D eigenvalue weighted by Gasteiger charge is 2.20. The predicted molar refractivity (Wildman–Crippen MR) is 106 cm³/mol. The maximum absolute atomic E-state index is 6.40. The van der Waals surface area contributed by atoms with Gasteiger partial charge >= 0.3 is 0 Å². The van der Waals surface area contributed by atoms with Crippen LogP contribution >= 0.6 is 11.6 Å². The van der Waals surface area contributed by atoms with Crippen LogP contribution in [0.15, 0.2) is 34.9 Å². The Morgan fingerprint density at radius 2 is 1.79 bits per heavy atom. The molecule has 1 aliphatic rings. The van der Waals surface area contributed by atoms with Crippen LogP contribution in [0, 0.1) is 0 Å². The van der Waals surface area contributed by atoms with Gasteiger partial charge in [-0.15, -0.1) is 0 Å². The van der Waals surface area contributed by atoms with Crippen LogP contribution in [0.3, 0.4) is 0 Å². The number of methoxy groups -OCH3 is 3. The van der Waals surface area contributed by atoms with E-state index in [2.05, 4.69) is 10.1 Å². The highest BCUT2D eigenvalue weighted by molar-refractivity contribution is 6.50. The largest absolute Gasteiger partial charge is 0.493 e. The number of benzene rings is 2. The Labute approximate surface area is 171 Å². The molecule has 0 N–H and O–H groups in total. The van der Waals surface area contributed by atoms with Crippen molar-refractivity contribution in [3.05, 3.63) is 41.8 Å². The summed E-state index contributed by atoms with van der Waals surface area (Å²) in [6.45, 7) is 0.144. The van der Waals surface area contributed by atoms with Crippen LogP contribution in [0.4, 0.5) is 0 Å². The molecule has 3 aromatic rings. The summed E-state index contributed by atoms with van der Waals surface area (Å²) in [5.74, 6) is 3.40. The van der Waals surface area contributed by atoms with Crippen molar-refractivity contribution in [2.45, 2.75) is 0 Å². The van der Waals surface area contributed by atoms with Gasteiger partial charge in [0.05, 0.1) is 21.3 Å². The van der Waals surface area contributed by atoms with E-state index < -0.39 is 0 Å². The lowest BCUT2D eigenvalue weighted by Crippen LogP contribution is -1.93. The molecule has 8 nitrogen and oxygen atoms in total. The molecular weight excluding hydrogens is 400 g/mol. The molecule has 0 radical (unpaired) electrons. The van der Waals surface area contributed by atoms with Crippen LogP contribution in [-0.2, 0) is 0 Å². The third-order valence-corrected chi connectivity index (χ3v) is 4.52. The Morgan fingerprint density at radius 3 is 2.55 bits per heavy atom. The number of hydrogen-bond acceptors (Lipinski definition) is 8. The van der Waals surface area contributed by atoms with Gasteiger partial charge in [0.2, 0.25) is 18.4 Å². The summed E-state index contributed by atoms with van der Waals surface area (Å²) in [6, 6.07) is 8.89. The van der Waals surface area contributed by atoms with Gasteiger partial charge in [0.15, 0.2) is 23.0 Å². The minimum absolute atomic E-state index is 0.144. The van der Waals surface area contributed by atoms with Gasteiger partial charge in [-0.1, -0.05) is 16.8 Å². The fraction of sp³-hybridized carbons (Fsp3) is 0.200. The highest BCUT2D eigenvalue weighted by Crippen LogP contribution is 2.42. The van der Waals surface area contributed by atoms with E-state index in [-0.39, 0.29) is 17.7 Å². The van der Waals surface area contributed by atoms with E-state index in [9.17, 15) is 0 Å². The zero-order valence-electron chi connectivity index (χ0n) is 15.9. The van der Waals surface area contributed by atoms with Crippen molar-refractivity contribution >= 4 is 22.7 Å². The lowest BCUT2D eigenvalue weighted by Gasteiger charge is -2.07. The first-order valence-corrected chi connectivity index (χ1v) is 8.92. The first-order chi connectivity index (χ1) is 14.1. The smallest absolute Gasteiger partial charge is 0.269 e. The maximum Gasteiger partial charge on any atom is 0.269 e. The molecule has 29 heavy (non-hydrogen) atoms. The van der Waals surface area contributed by atoms with Crippen LogP contribution < -0.4 is 23.7 Å². The molecule has 0 unspecified atom stereocenters. The Kier molecular flexibility index (Phi) is 5.18. The average Bonchev–Trinajstić information content (AvgIpc) is 3.42. The minimum atomic E-state index is 0.144. The van der Waals surface area contributed by atoms with E-state index in [4.69, 9.17) is 39.8 Å². The van der Waals surface area contributed by atoms with Crippen molar-refractivity contribution in [1.29, 1.82) is 0 Å². The molecule has 0 amide bonds. The van der Waals surface area contributed by atoms with Crippen LogP contribution in [0.2, 0.25) is 0 Å². The molecule has 9 heteroatoms. The topological polar surface area (TPSA) is 85.1 Å². The number of rotatable bonds is 6. The van der Waals surface area contributed by atoms with Gasteiger partial charge in [-0.3, -0.25) is 0 Å². The second-order valence-electron chi connectivity index (χ2n) is 5.94. The number of halogens is 1. The van der Waals surface area contributed by atoms with E-state index in [0.29, 0.717) is 40.1 Å². The summed E-state index contributed by atoms with van der Waals surface area (Å²) in [5, 5.41) is 4.26. The molecule has 4 rings (SSSR count). The third kappa shape index (κ3) is 3.66. The minimum Gasteiger partial charge on any atom is -0.493 e. The molecule has 2 heterocycles. The van der Waals surface area contributed by atoms with Crippen molar-refractivity contribution in [2.24, 2.45) is 0 Å². The molecular formula is C20H17ClN2O6. The molecule has 0 spiro atoms. The first-order valence-electron chi connectivity index (χ1n) is 8.54.